The topological polar surface area (TPSA) is 70.7 Å². The highest BCUT2D eigenvalue weighted by atomic mass is 32.1. The summed E-state index contributed by atoms with van der Waals surface area (Å²) in [5.74, 6) is -0.145. The number of nitrogens with zero attached hydrogens (tertiary/aromatic N) is 2. The fourth-order valence-electron chi connectivity index (χ4n) is 2.48. The second-order valence-electron chi connectivity index (χ2n) is 4.53. The summed E-state index contributed by atoms with van der Waals surface area (Å²) >= 11 is 1.62. The smallest absolute Gasteiger partial charge is 0.272 e. The van der Waals surface area contributed by atoms with E-state index in [0.29, 0.717) is 5.69 Å². The molecule has 1 atom stereocenters. The Morgan fingerprint density at radius 3 is 2.95 bits per heavy atom. The van der Waals surface area contributed by atoms with E-state index in [1.165, 1.54) is 0 Å². The highest BCUT2D eigenvalue weighted by molar-refractivity contribution is 7.13. The molecule has 0 radical (unpaired) electrons. The molecule has 1 aliphatic heterocycles. The van der Waals surface area contributed by atoms with Crippen molar-refractivity contribution in [3.63, 3.8) is 0 Å². The monoisotopic (exact) mass is 282 g/mol. The molecule has 0 saturated heterocycles. The van der Waals surface area contributed by atoms with Gasteiger partial charge in [0.15, 0.2) is 5.69 Å². The molecule has 0 unspecified atom stereocenters. The zero-order valence-corrected chi connectivity index (χ0v) is 11.1. The molecule has 4 rings (SSSR count). The lowest BCUT2D eigenvalue weighted by Crippen LogP contribution is -2.21. The van der Waals surface area contributed by atoms with Crippen molar-refractivity contribution in [1.29, 1.82) is 0 Å². The Labute approximate surface area is 118 Å². The predicted molar refractivity (Wildman–Crippen MR) is 75.4 cm³/mol. The number of fused-ring (bicyclic) bond motifs is 1. The van der Waals surface area contributed by atoms with Crippen molar-refractivity contribution in [2.45, 2.75) is 6.04 Å². The SMILES string of the molecule is O=C1N[C@H](c2cccnc2)c2c1n[nH]c2-c1cccs1. The molecular formula is C14H10N4OS. The maximum Gasteiger partial charge on any atom is 0.272 e. The number of hydrogen-bond acceptors (Lipinski definition) is 4. The zero-order chi connectivity index (χ0) is 13.5. The van der Waals surface area contributed by atoms with Gasteiger partial charge < -0.3 is 5.32 Å². The van der Waals surface area contributed by atoms with Gasteiger partial charge in [-0.25, -0.2) is 0 Å². The number of hydrogen-bond donors (Lipinski definition) is 2. The van der Waals surface area contributed by atoms with Crippen molar-refractivity contribution in [2.24, 2.45) is 0 Å². The summed E-state index contributed by atoms with van der Waals surface area (Å²) in [4.78, 5) is 17.2. The average molecular weight is 282 g/mol. The Morgan fingerprint density at radius 1 is 1.25 bits per heavy atom. The predicted octanol–water partition coefficient (Wildman–Crippen LogP) is 2.37. The number of thiophene rings is 1. The van der Waals surface area contributed by atoms with Crippen LogP contribution in [0, 0.1) is 0 Å². The van der Waals surface area contributed by atoms with Gasteiger partial charge in [0.25, 0.3) is 5.91 Å². The molecule has 0 aliphatic carbocycles. The Morgan fingerprint density at radius 2 is 2.20 bits per heavy atom. The molecule has 4 heterocycles. The van der Waals surface area contributed by atoms with E-state index in [0.717, 1.165) is 21.7 Å². The van der Waals surface area contributed by atoms with Gasteiger partial charge in [0.1, 0.15) is 0 Å². The van der Waals surface area contributed by atoms with Crippen molar-refractivity contribution < 1.29 is 4.79 Å². The molecule has 0 fully saturated rings. The van der Waals surface area contributed by atoms with Gasteiger partial charge in [0.05, 0.1) is 16.6 Å². The van der Waals surface area contributed by atoms with E-state index in [-0.39, 0.29) is 11.9 Å². The highest BCUT2D eigenvalue weighted by Crippen LogP contribution is 2.37. The number of aromatic nitrogens is 3. The number of carbonyl (C=O) groups excluding carboxylic acids is 1. The molecule has 6 heteroatoms. The summed E-state index contributed by atoms with van der Waals surface area (Å²) in [7, 11) is 0. The van der Waals surface area contributed by atoms with Crippen molar-refractivity contribution in [1.82, 2.24) is 20.5 Å². The molecule has 0 bridgehead atoms. The van der Waals surface area contributed by atoms with Gasteiger partial charge in [0, 0.05) is 18.0 Å². The van der Waals surface area contributed by atoms with E-state index >= 15 is 0 Å². The third kappa shape index (κ3) is 1.58. The van der Waals surface area contributed by atoms with Gasteiger partial charge in [-0.2, -0.15) is 5.10 Å². The molecule has 1 aliphatic rings. The van der Waals surface area contributed by atoms with Gasteiger partial charge in [0.2, 0.25) is 0 Å². The van der Waals surface area contributed by atoms with Crippen LogP contribution in [0.15, 0.2) is 42.0 Å². The number of H-pyrrole nitrogens is 1. The van der Waals surface area contributed by atoms with Crippen LogP contribution in [0.4, 0.5) is 0 Å². The Balaban J connectivity index is 1.89. The Hall–Kier alpha value is -2.47. The third-order valence-electron chi connectivity index (χ3n) is 3.37. The van der Waals surface area contributed by atoms with E-state index < -0.39 is 0 Å². The average Bonchev–Trinajstić information content (AvgIpc) is 3.17. The molecule has 0 aromatic carbocycles. The summed E-state index contributed by atoms with van der Waals surface area (Å²) < 4.78 is 0. The van der Waals surface area contributed by atoms with Crippen LogP contribution in [0.5, 0.6) is 0 Å². The van der Waals surface area contributed by atoms with E-state index in [2.05, 4.69) is 20.5 Å². The van der Waals surface area contributed by atoms with Crippen molar-refractivity contribution >= 4 is 17.2 Å². The first-order valence-electron chi connectivity index (χ1n) is 6.17. The van der Waals surface area contributed by atoms with Gasteiger partial charge in [-0.15, -0.1) is 11.3 Å². The van der Waals surface area contributed by atoms with Crippen LogP contribution in [0.25, 0.3) is 10.6 Å². The van der Waals surface area contributed by atoms with Crippen LogP contribution < -0.4 is 5.32 Å². The number of pyridine rings is 1. The number of aromatic amines is 1. The maximum absolute atomic E-state index is 12.0. The first-order chi connectivity index (χ1) is 9.84. The number of carbonyl (C=O) groups is 1. The molecule has 5 nitrogen and oxygen atoms in total. The fourth-order valence-corrected chi connectivity index (χ4v) is 3.22. The van der Waals surface area contributed by atoms with Gasteiger partial charge in [-0.3, -0.25) is 14.9 Å². The summed E-state index contributed by atoms with van der Waals surface area (Å²) in [5.41, 5.74) is 3.24. The first-order valence-corrected chi connectivity index (χ1v) is 7.05. The zero-order valence-electron chi connectivity index (χ0n) is 10.3. The normalized spacial score (nSPS) is 17.0. The fraction of sp³-hybridized carbons (Fsp3) is 0.0714. The maximum atomic E-state index is 12.0. The van der Waals surface area contributed by atoms with E-state index in [1.54, 1.807) is 23.7 Å². The Kier molecular flexibility index (Phi) is 2.43. The summed E-state index contributed by atoms with van der Waals surface area (Å²) in [6.45, 7) is 0. The van der Waals surface area contributed by atoms with E-state index in [9.17, 15) is 4.79 Å². The molecule has 20 heavy (non-hydrogen) atoms. The largest absolute Gasteiger partial charge is 0.339 e. The molecule has 1 amide bonds. The number of amides is 1. The molecule has 0 saturated carbocycles. The second kappa shape index (κ2) is 4.28. The standard InChI is InChI=1S/C14H10N4OS/c19-14-13-10(11(16-14)8-3-1-5-15-7-8)12(17-18-13)9-4-2-6-20-9/h1-7,11H,(H,16,19)(H,17,18)/t11-/m1/s1. The summed E-state index contributed by atoms with van der Waals surface area (Å²) in [6, 6.07) is 7.63. The van der Waals surface area contributed by atoms with Gasteiger partial charge >= 0.3 is 0 Å². The molecule has 98 valence electrons. The third-order valence-corrected chi connectivity index (χ3v) is 4.26. The molecule has 0 spiro atoms. The van der Waals surface area contributed by atoms with Crippen LogP contribution in [-0.4, -0.2) is 21.1 Å². The second-order valence-corrected chi connectivity index (χ2v) is 5.48. The van der Waals surface area contributed by atoms with Crippen molar-refractivity contribution in [2.75, 3.05) is 0 Å². The number of rotatable bonds is 2. The van der Waals surface area contributed by atoms with Crippen LogP contribution in [0.3, 0.4) is 0 Å². The van der Waals surface area contributed by atoms with E-state index in [4.69, 9.17) is 0 Å². The quantitative estimate of drug-likeness (QED) is 0.758. The minimum Gasteiger partial charge on any atom is -0.339 e. The lowest BCUT2D eigenvalue weighted by atomic mass is 10.0. The van der Waals surface area contributed by atoms with Crippen molar-refractivity contribution in [3.05, 3.63) is 58.9 Å². The highest BCUT2D eigenvalue weighted by Gasteiger charge is 2.35. The minimum atomic E-state index is -0.193. The molecule has 3 aromatic heterocycles. The van der Waals surface area contributed by atoms with Crippen molar-refractivity contribution in [3.8, 4) is 10.6 Å². The van der Waals surface area contributed by atoms with Crippen LogP contribution in [-0.2, 0) is 0 Å². The summed E-state index contributed by atoms with van der Waals surface area (Å²) in [5, 5.41) is 12.1. The van der Waals surface area contributed by atoms with Crippen LogP contribution in [0.2, 0.25) is 0 Å². The number of nitrogens with one attached hydrogen (secondary N) is 2. The first kappa shape index (κ1) is 11.4. The van der Waals surface area contributed by atoms with Crippen LogP contribution in [0.1, 0.15) is 27.7 Å². The molecule has 3 aromatic rings. The molecular weight excluding hydrogens is 272 g/mol. The van der Waals surface area contributed by atoms with Crippen LogP contribution >= 0.6 is 11.3 Å². The van der Waals surface area contributed by atoms with Gasteiger partial charge in [-0.1, -0.05) is 12.1 Å². The minimum absolute atomic E-state index is 0.145. The lowest BCUT2D eigenvalue weighted by molar-refractivity contribution is 0.0955. The van der Waals surface area contributed by atoms with Gasteiger partial charge in [-0.05, 0) is 23.1 Å². The Bertz CT molecular complexity index is 764. The summed E-state index contributed by atoms with van der Waals surface area (Å²) in [6.07, 6.45) is 3.49. The van der Waals surface area contributed by atoms with E-state index in [1.807, 2.05) is 29.6 Å². The molecule has 2 N–H and O–H groups in total. The lowest BCUT2D eigenvalue weighted by Gasteiger charge is -2.12.